The van der Waals surface area contributed by atoms with Crippen molar-refractivity contribution in [2.75, 3.05) is 15.1 Å². The Labute approximate surface area is 428 Å². The van der Waals surface area contributed by atoms with E-state index in [2.05, 4.69) is 280 Å². The third-order valence-corrected chi connectivity index (χ3v) is 16.8. The first-order chi connectivity index (χ1) is 35.4. The molecule has 0 fully saturated rings. The van der Waals surface area contributed by atoms with Crippen LogP contribution in [0.2, 0.25) is 0 Å². The second-order valence-electron chi connectivity index (χ2n) is 22.0. The van der Waals surface area contributed by atoms with Crippen LogP contribution in [-0.2, 0) is 16.2 Å². The minimum atomic E-state index is -0.292. The first-order valence-electron chi connectivity index (χ1n) is 25.8. The molecule has 0 bridgehead atoms. The zero-order chi connectivity index (χ0) is 49.4. The van der Waals surface area contributed by atoms with E-state index >= 15 is 0 Å². The number of anilines is 8. The molecule has 0 unspecified atom stereocenters. The molecule has 14 rings (SSSR count). The maximum absolute atomic E-state index is 3.87. The minimum absolute atomic E-state index is 0.0926. The molecular formula is C69H56N4. The van der Waals surface area contributed by atoms with E-state index in [0.29, 0.717) is 0 Å². The summed E-state index contributed by atoms with van der Waals surface area (Å²) in [6.45, 7) is 14.1. The van der Waals surface area contributed by atoms with Crippen LogP contribution in [0.4, 0.5) is 45.5 Å². The predicted octanol–water partition coefficient (Wildman–Crippen LogP) is 18.9. The molecule has 352 valence electrons. The summed E-state index contributed by atoms with van der Waals surface area (Å²) in [6, 6.07) is 81.1. The fourth-order valence-electron chi connectivity index (χ4n) is 12.9. The molecule has 11 aromatic rings. The second kappa shape index (κ2) is 15.7. The number of H-pyrrole nitrogens is 1. The maximum atomic E-state index is 3.87. The highest BCUT2D eigenvalue weighted by atomic mass is 15.2. The van der Waals surface area contributed by atoms with E-state index in [0.717, 1.165) is 33.8 Å². The molecule has 0 amide bonds. The Hall–Kier alpha value is -8.60. The number of hydrogen-bond acceptors (Lipinski definition) is 3. The van der Waals surface area contributed by atoms with Crippen LogP contribution in [0, 0.1) is 0 Å². The van der Waals surface area contributed by atoms with E-state index in [4.69, 9.17) is 0 Å². The van der Waals surface area contributed by atoms with Gasteiger partial charge in [0, 0.05) is 60.8 Å². The van der Waals surface area contributed by atoms with Crippen LogP contribution in [0.5, 0.6) is 0 Å². The van der Waals surface area contributed by atoms with Gasteiger partial charge in [-0.25, -0.2) is 0 Å². The molecular weight excluding hydrogens is 885 g/mol. The Morgan fingerprint density at radius 1 is 0.315 bits per heavy atom. The highest BCUT2D eigenvalue weighted by Gasteiger charge is 2.39. The van der Waals surface area contributed by atoms with Gasteiger partial charge in [0.15, 0.2) is 0 Å². The largest absolute Gasteiger partial charge is 0.355 e. The average molecular weight is 941 g/mol. The van der Waals surface area contributed by atoms with Gasteiger partial charge in [-0.2, -0.15) is 0 Å². The normalized spacial score (nSPS) is 15.4. The van der Waals surface area contributed by atoms with Crippen molar-refractivity contribution in [3.63, 3.8) is 0 Å². The van der Waals surface area contributed by atoms with E-state index in [1.54, 1.807) is 0 Å². The number of para-hydroxylation sites is 4. The van der Waals surface area contributed by atoms with Gasteiger partial charge in [-0.15, -0.1) is 0 Å². The van der Waals surface area contributed by atoms with Crippen molar-refractivity contribution in [1.29, 1.82) is 0 Å². The molecule has 4 heterocycles. The van der Waals surface area contributed by atoms with Gasteiger partial charge in [0.1, 0.15) is 0 Å². The summed E-state index contributed by atoms with van der Waals surface area (Å²) in [5.41, 5.74) is 26.6. The zero-order valence-corrected chi connectivity index (χ0v) is 42.2. The van der Waals surface area contributed by atoms with Gasteiger partial charge < -0.3 is 20.1 Å². The monoisotopic (exact) mass is 940 g/mol. The number of hydrogen-bond donors (Lipinski definition) is 2. The van der Waals surface area contributed by atoms with Crippen molar-refractivity contribution in [2.45, 2.75) is 57.8 Å². The molecule has 3 aliphatic rings. The average Bonchev–Trinajstić information content (AvgIpc) is 3.79. The van der Waals surface area contributed by atoms with Crippen molar-refractivity contribution in [3.8, 4) is 33.4 Å². The Balaban J connectivity index is 0.785. The van der Waals surface area contributed by atoms with Crippen LogP contribution in [0.3, 0.4) is 0 Å². The number of aromatic amines is 1. The predicted molar refractivity (Wildman–Crippen MR) is 308 cm³/mol. The standard InChI is InChI=1S/C69H56N4/c1-67(2)53-17-7-11-22-62(53)72(63-23-12-8-18-54(63)67)48-33-26-43(27-34-48)45-30-37-58-51(40-45)52-41-47(32-38-59(52)70-58)50-16-15-21-61-66(50)69(5,6)57-42-46(31-39-60(57)71-61)44-28-35-49(36-29-44)73-64-24-13-9-19-55(64)68(3,4)56-20-10-14-25-65(56)73/h7-42,70-71H,1-6H3. The van der Waals surface area contributed by atoms with E-state index in [-0.39, 0.29) is 16.2 Å². The molecule has 0 atom stereocenters. The van der Waals surface area contributed by atoms with E-state index in [1.807, 2.05) is 0 Å². The van der Waals surface area contributed by atoms with Crippen molar-refractivity contribution >= 4 is 67.3 Å². The third-order valence-electron chi connectivity index (χ3n) is 16.8. The fourth-order valence-corrected chi connectivity index (χ4v) is 12.9. The number of nitrogens with zero attached hydrogens (tertiary/aromatic N) is 2. The molecule has 0 spiro atoms. The second-order valence-corrected chi connectivity index (χ2v) is 22.0. The Kier molecular flexibility index (Phi) is 9.29. The molecule has 3 aliphatic heterocycles. The Morgan fingerprint density at radius 2 is 0.726 bits per heavy atom. The van der Waals surface area contributed by atoms with Crippen LogP contribution >= 0.6 is 0 Å². The SMILES string of the molecule is CC1(C)c2ccccc2N(c2ccc(-c3ccc4c(c3)C(C)(C)c3c(cccc3-c3ccc5[nH]c6ccc(-c7ccc(N8c9ccccc9C(C)(C)c9ccccc98)cc7)cc6c5c3)N4)cc2)c2ccccc21. The first kappa shape index (κ1) is 43.2. The van der Waals surface area contributed by atoms with Gasteiger partial charge in [0.25, 0.3) is 0 Å². The van der Waals surface area contributed by atoms with Gasteiger partial charge in [-0.1, -0.05) is 169 Å². The lowest BCUT2D eigenvalue weighted by Crippen LogP contribution is -2.30. The van der Waals surface area contributed by atoms with Crippen molar-refractivity contribution in [1.82, 2.24) is 4.98 Å². The molecule has 73 heavy (non-hydrogen) atoms. The molecule has 4 nitrogen and oxygen atoms in total. The molecule has 4 heteroatoms. The topological polar surface area (TPSA) is 34.3 Å². The number of nitrogens with one attached hydrogen (secondary N) is 2. The molecule has 2 N–H and O–H groups in total. The summed E-state index contributed by atoms with van der Waals surface area (Å²) in [6.07, 6.45) is 0. The summed E-state index contributed by atoms with van der Waals surface area (Å²) in [5, 5.41) is 6.32. The number of fused-ring (bicyclic) bond motifs is 9. The number of rotatable bonds is 5. The summed E-state index contributed by atoms with van der Waals surface area (Å²) >= 11 is 0. The third kappa shape index (κ3) is 6.46. The number of aromatic nitrogens is 1. The summed E-state index contributed by atoms with van der Waals surface area (Å²) in [4.78, 5) is 8.59. The van der Waals surface area contributed by atoms with Crippen LogP contribution < -0.4 is 15.1 Å². The van der Waals surface area contributed by atoms with Gasteiger partial charge >= 0.3 is 0 Å². The van der Waals surface area contributed by atoms with E-state index in [9.17, 15) is 0 Å². The van der Waals surface area contributed by atoms with Crippen LogP contribution in [-0.4, -0.2) is 4.98 Å². The summed E-state index contributed by atoms with van der Waals surface area (Å²) in [7, 11) is 0. The van der Waals surface area contributed by atoms with Crippen molar-refractivity contribution < 1.29 is 0 Å². The first-order valence-corrected chi connectivity index (χ1v) is 25.8. The van der Waals surface area contributed by atoms with Gasteiger partial charge in [-0.05, 0) is 158 Å². The molecule has 0 saturated heterocycles. The fraction of sp³-hybridized carbons (Fsp3) is 0.130. The molecule has 0 saturated carbocycles. The lowest BCUT2D eigenvalue weighted by molar-refractivity contribution is 0.632. The van der Waals surface area contributed by atoms with Crippen LogP contribution in [0.15, 0.2) is 218 Å². The smallest absolute Gasteiger partial charge is 0.0502 e. The lowest BCUT2D eigenvalue weighted by Gasteiger charge is -2.42. The van der Waals surface area contributed by atoms with Crippen LogP contribution in [0.25, 0.3) is 55.2 Å². The molecule has 1 aromatic heterocycles. The maximum Gasteiger partial charge on any atom is 0.0502 e. The van der Waals surface area contributed by atoms with Gasteiger partial charge in [-0.3, -0.25) is 0 Å². The van der Waals surface area contributed by atoms with Crippen molar-refractivity contribution in [2.24, 2.45) is 0 Å². The summed E-state index contributed by atoms with van der Waals surface area (Å²) < 4.78 is 0. The van der Waals surface area contributed by atoms with Crippen LogP contribution in [0.1, 0.15) is 74.9 Å². The summed E-state index contributed by atoms with van der Waals surface area (Å²) in [5.74, 6) is 0. The zero-order valence-electron chi connectivity index (χ0n) is 42.2. The van der Waals surface area contributed by atoms with Gasteiger partial charge in [0.05, 0.1) is 22.7 Å². The molecule has 0 radical (unpaired) electrons. The van der Waals surface area contributed by atoms with E-state index < -0.39 is 0 Å². The quantitative estimate of drug-likeness (QED) is 0.180. The Morgan fingerprint density at radius 3 is 1.22 bits per heavy atom. The lowest BCUT2D eigenvalue weighted by atomic mass is 9.71. The van der Waals surface area contributed by atoms with E-state index in [1.165, 1.54) is 100 Å². The Bertz CT molecular complexity index is 3940. The molecule has 0 aliphatic carbocycles. The highest BCUT2D eigenvalue weighted by Crippen LogP contribution is 2.55. The number of benzene rings is 10. The molecule has 10 aromatic carbocycles. The van der Waals surface area contributed by atoms with Crippen molar-refractivity contribution in [3.05, 3.63) is 252 Å². The minimum Gasteiger partial charge on any atom is -0.355 e. The highest BCUT2D eigenvalue weighted by molar-refractivity contribution is 6.10. The van der Waals surface area contributed by atoms with Gasteiger partial charge in [0.2, 0.25) is 0 Å².